The van der Waals surface area contributed by atoms with Crippen molar-refractivity contribution in [3.8, 4) is 0 Å². The third-order valence-electron chi connectivity index (χ3n) is 5.34. The summed E-state index contributed by atoms with van der Waals surface area (Å²) in [6, 6.07) is 1.45. The second kappa shape index (κ2) is 10.7. The van der Waals surface area contributed by atoms with E-state index in [0.717, 1.165) is 4.47 Å². The molecule has 33 heavy (non-hydrogen) atoms. The van der Waals surface area contributed by atoms with Gasteiger partial charge in [0.05, 0.1) is 22.5 Å². The molecule has 1 N–H and O–H groups in total. The van der Waals surface area contributed by atoms with Gasteiger partial charge in [0.25, 0.3) is 5.91 Å². The number of hydrogen-bond acceptors (Lipinski definition) is 8. The number of amides is 1. The van der Waals surface area contributed by atoms with Crippen molar-refractivity contribution in [1.82, 2.24) is 20.3 Å². The number of piperazine rings is 1. The number of halogens is 5. The predicted molar refractivity (Wildman–Crippen MR) is 129 cm³/mol. The summed E-state index contributed by atoms with van der Waals surface area (Å²) in [7, 11) is 0. The van der Waals surface area contributed by atoms with Crippen LogP contribution in [0.2, 0.25) is 5.28 Å². The highest BCUT2D eigenvalue weighted by molar-refractivity contribution is 9.10. The first-order valence-electron chi connectivity index (χ1n) is 10.1. The van der Waals surface area contributed by atoms with Crippen molar-refractivity contribution in [3.63, 3.8) is 0 Å². The zero-order chi connectivity index (χ0) is 23.5. The lowest BCUT2D eigenvalue weighted by Gasteiger charge is -2.36. The Morgan fingerprint density at radius 1 is 1.18 bits per heavy atom. The Labute approximate surface area is 213 Å². The molecule has 2 aromatic heterocycles. The van der Waals surface area contributed by atoms with Crippen LogP contribution in [-0.2, 0) is 9.53 Å². The summed E-state index contributed by atoms with van der Waals surface area (Å²) >= 11 is 20.4. The number of rotatable bonds is 6. The summed E-state index contributed by atoms with van der Waals surface area (Å²) in [5.41, 5.74) is 0.607. The minimum Gasteiger partial charge on any atom is -0.354 e. The largest absolute Gasteiger partial charge is 0.354 e. The fraction of sp³-hybridized carbons (Fsp3) is 0.474. The average Bonchev–Trinajstić information content (AvgIpc) is 3.28. The summed E-state index contributed by atoms with van der Waals surface area (Å²) in [5, 5.41) is 2.79. The van der Waals surface area contributed by atoms with E-state index in [4.69, 9.17) is 39.5 Å². The molecule has 2 aromatic rings. The van der Waals surface area contributed by atoms with Crippen LogP contribution in [0, 0.1) is 5.82 Å². The Morgan fingerprint density at radius 2 is 1.88 bits per heavy atom. The molecule has 4 rings (SSSR count). The molecule has 0 spiro atoms. The van der Waals surface area contributed by atoms with Gasteiger partial charge < -0.3 is 24.8 Å². The molecule has 1 amide bonds. The van der Waals surface area contributed by atoms with Gasteiger partial charge in [-0.2, -0.15) is 4.98 Å². The first-order chi connectivity index (χ1) is 15.8. The van der Waals surface area contributed by atoms with Crippen LogP contribution in [0.4, 0.5) is 21.7 Å². The maximum atomic E-state index is 14.9. The standard InChI is InChI=1S/C19H20BrCl3FN7O2/c20-13-8-27-19(23)28-16(13)29-1-3-30(4-2-29)17-14(24)5-11(6-25-17)31-9-12(33-10-31)7-26-18(32)15(21)22/h5-6,8,12,15H,1-4,7,9-10H2,(H,26,32). The van der Waals surface area contributed by atoms with Crippen LogP contribution in [0.15, 0.2) is 22.9 Å². The number of anilines is 3. The molecule has 2 aliphatic rings. The minimum absolute atomic E-state index is 0.178. The van der Waals surface area contributed by atoms with Crippen molar-refractivity contribution in [2.75, 3.05) is 60.7 Å². The van der Waals surface area contributed by atoms with Crippen LogP contribution in [0.3, 0.4) is 0 Å². The van der Waals surface area contributed by atoms with Gasteiger partial charge >= 0.3 is 0 Å². The van der Waals surface area contributed by atoms with Gasteiger partial charge in [-0.05, 0) is 27.5 Å². The molecule has 2 fully saturated rings. The summed E-state index contributed by atoms with van der Waals surface area (Å²) in [5.74, 6) is 0.131. The Kier molecular flexibility index (Phi) is 7.95. The summed E-state index contributed by atoms with van der Waals surface area (Å²) < 4.78 is 21.3. The van der Waals surface area contributed by atoms with E-state index in [0.29, 0.717) is 50.0 Å². The molecular formula is C19H20BrCl3FN7O2. The van der Waals surface area contributed by atoms with E-state index in [1.165, 1.54) is 6.07 Å². The van der Waals surface area contributed by atoms with Gasteiger partial charge in [-0.3, -0.25) is 4.79 Å². The SMILES string of the molecule is O=C(NCC1CN(c2cnc(N3CCN(c4nc(Cl)ncc4Br)CC3)c(F)c2)CO1)C(Cl)Cl. The topological polar surface area (TPSA) is 86.7 Å². The van der Waals surface area contributed by atoms with Crippen molar-refractivity contribution in [2.24, 2.45) is 0 Å². The normalized spacial score (nSPS) is 18.8. The number of carbonyl (C=O) groups is 1. The molecule has 9 nitrogen and oxygen atoms in total. The van der Waals surface area contributed by atoms with E-state index < -0.39 is 16.6 Å². The van der Waals surface area contributed by atoms with E-state index in [9.17, 15) is 9.18 Å². The van der Waals surface area contributed by atoms with Gasteiger partial charge in [0, 0.05) is 51.5 Å². The minimum atomic E-state index is -1.13. The van der Waals surface area contributed by atoms with Crippen LogP contribution in [0.25, 0.3) is 0 Å². The second-order valence-electron chi connectivity index (χ2n) is 7.47. The molecule has 0 aliphatic carbocycles. The van der Waals surface area contributed by atoms with Gasteiger partial charge in [-0.15, -0.1) is 0 Å². The lowest BCUT2D eigenvalue weighted by molar-refractivity contribution is -0.119. The molecule has 14 heteroatoms. The van der Waals surface area contributed by atoms with E-state index in [-0.39, 0.29) is 24.7 Å². The highest BCUT2D eigenvalue weighted by Crippen LogP contribution is 2.28. The molecule has 0 bridgehead atoms. The Bertz CT molecular complexity index is 1010. The summed E-state index contributed by atoms with van der Waals surface area (Å²) in [6.07, 6.45) is 2.99. The van der Waals surface area contributed by atoms with Crippen LogP contribution >= 0.6 is 50.7 Å². The molecule has 0 saturated carbocycles. The Balaban J connectivity index is 1.34. The van der Waals surface area contributed by atoms with Gasteiger partial charge in [0.2, 0.25) is 5.28 Å². The van der Waals surface area contributed by atoms with Crippen molar-refractivity contribution in [2.45, 2.75) is 10.9 Å². The molecule has 2 saturated heterocycles. The number of alkyl halides is 2. The van der Waals surface area contributed by atoms with Crippen molar-refractivity contribution < 1.29 is 13.9 Å². The van der Waals surface area contributed by atoms with E-state index in [1.54, 1.807) is 12.4 Å². The fourth-order valence-electron chi connectivity index (χ4n) is 3.66. The maximum Gasteiger partial charge on any atom is 0.253 e. The first kappa shape index (κ1) is 24.5. The lowest BCUT2D eigenvalue weighted by Crippen LogP contribution is -2.47. The van der Waals surface area contributed by atoms with Crippen molar-refractivity contribution >= 4 is 74.0 Å². The molecule has 1 unspecified atom stereocenters. The quantitative estimate of drug-likeness (QED) is 0.411. The van der Waals surface area contributed by atoms with Gasteiger partial charge in [-0.1, -0.05) is 23.2 Å². The molecule has 0 aromatic carbocycles. The summed E-state index contributed by atoms with van der Waals surface area (Å²) in [6.45, 7) is 3.42. The third-order valence-corrected chi connectivity index (χ3v) is 6.48. The van der Waals surface area contributed by atoms with E-state index in [1.807, 2.05) is 9.80 Å². The number of nitrogens with zero attached hydrogens (tertiary/aromatic N) is 6. The number of pyridine rings is 1. The average molecular weight is 584 g/mol. The second-order valence-corrected chi connectivity index (χ2v) is 9.76. The van der Waals surface area contributed by atoms with Crippen LogP contribution < -0.4 is 20.0 Å². The lowest BCUT2D eigenvalue weighted by atomic mass is 10.2. The Morgan fingerprint density at radius 3 is 2.55 bits per heavy atom. The maximum absolute atomic E-state index is 14.9. The zero-order valence-electron chi connectivity index (χ0n) is 17.2. The highest BCUT2D eigenvalue weighted by Gasteiger charge is 2.27. The number of carbonyl (C=O) groups excluding carboxylic acids is 1. The smallest absolute Gasteiger partial charge is 0.253 e. The fourth-order valence-corrected chi connectivity index (χ4v) is 4.38. The predicted octanol–water partition coefficient (Wildman–Crippen LogP) is 2.84. The molecular weight excluding hydrogens is 564 g/mol. The number of ether oxygens (including phenoxy) is 1. The van der Waals surface area contributed by atoms with Crippen molar-refractivity contribution in [1.29, 1.82) is 0 Å². The van der Waals surface area contributed by atoms with Gasteiger partial charge in [-0.25, -0.2) is 14.4 Å². The van der Waals surface area contributed by atoms with E-state index in [2.05, 4.69) is 41.1 Å². The number of aromatic nitrogens is 3. The molecule has 1 atom stereocenters. The van der Waals surface area contributed by atoms with Crippen LogP contribution in [-0.4, -0.2) is 77.8 Å². The van der Waals surface area contributed by atoms with Gasteiger partial charge in [0.15, 0.2) is 16.5 Å². The molecule has 4 heterocycles. The number of nitrogens with one attached hydrogen (secondary N) is 1. The summed E-state index contributed by atoms with van der Waals surface area (Å²) in [4.78, 5) is 28.8. The first-order valence-corrected chi connectivity index (χ1v) is 12.1. The van der Waals surface area contributed by atoms with Crippen LogP contribution in [0.1, 0.15) is 0 Å². The number of hydrogen-bond donors (Lipinski definition) is 1. The third kappa shape index (κ3) is 5.89. The zero-order valence-corrected chi connectivity index (χ0v) is 21.1. The van der Waals surface area contributed by atoms with Crippen molar-refractivity contribution in [3.05, 3.63) is 34.0 Å². The monoisotopic (exact) mass is 581 g/mol. The molecule has 2 aliphatic heterocycles. The highest BCUT2D eigenvalue weighted by atomic mass is 79.9. The van der Waals surface area contributed by atoms with Crippen LogP contribution in [0.5, 0.6) is 0 Å². The Hall–Kier alpha value is -1.66. The van der Waals surface area contributed by atoms with Gasteiger partial charge in [0.1, 0.15) is 12.5 Å². The molecule has 178 valence electrons. The molecule has 0 radical (unpaired) electrons. The van der Waals surface area contributed by atoms with E-state index >= 15 is 0 Å².